The van der Waals surface area contributed by atoms with E-state index < -0.39 is 27.8 Å². The number of halogens is 3. The number of amides is 2. The fourth-order valence-electron chi connectivity index (χ4n) is 3.76. The number of anilines is 3. The smallest absolute Gasteiger partial charge is 0.367 e. The molecular weight excluding hydrogens is 509 g/mol. The normalized spacial score (nSPS) is 14.2. The Bertz CT molecular complexity index is 1330. The Kier molecular flexibility index (Phi) is 7.83. The molecule has 1 aliphatic heterocycles. The Morgan fingerprint density at radius 1 is 1.05 bits per heavy atom. The standard InChI is InChI=1S/C24H25F3N6O3S/c25-24(26,27)18-3-8-22(33-12-10-28-11-13-33)21(14-18)32-37(35,36)20-6-4-19(5-7-20)31-23(34)30-16-17-2-1-9-29-15-17/h1-9,14-15,28,32H,10-13,16H2,(H2,30,31,34). The molecule has 4 N–H and O–H groups in total. The van der Waals surface area contributed by atoms with Gasteiger partial charge in [0.1, 0.15) is 0 Å². The number of nitrogens with one attached hydrogen (secondary N) is 4. The minimum Gasteiger partial charge on any atom is -0.367 e. The highest BCUT2D eigenvalue weighted by molar-refractivity contribution is 7.92. The zero-order valence-electron chi connectivity index (χ0n) is 19.5. The van der Waals surface area contributed by atoms with Crippen LogP contribution in [-0.4, -0.2) is 45.6 Å². The molecule has 0 spiro atoms. The summed E-state index contributed by atoms with van der Waals surface area (Å²) in [6.45, 7) is 2.53. The first-order chi connectivity index (χ1) is 17.6. The summed E-state index contributed by atoms with van der Waals surface area (Å²) in [5.41, 5.74) is 0.388. The van der Waals surface area contributed by atoms with E-state index >= 15 is 0 Å². The van der Waals surface area contributed by atoms with E-state index in [0.717, 1.165) is 17.7 Å². The largest absolute Gasteiger partial charge is 0.416 e. The molecule has 0 atom stereocenters. The number of carbonyl (C=O) groups excluding carboxylic acids is 1. The summed E-state index contributed by atoms with van der Waals surface area (Å²) in [6.07, 6.45) is -1.40. The van der Waals surface area contributed by atoms with Gasteiger partial charge in [0.15, 0.2) is 0 Å². The fourth-order valence-corrected chi connectivity index (χ4v) is 4.82. The molecule has 0 aliphatic carbocycles. The molecule has 4 rings (SSSR count). The first kappa shape index (κ1) is 26.2. The van der Waals surface area contributed by atoms with Crippen LogP contribution in [0.5, 0.6) is 0 Å². The van der Waals surface area contributed by atoms with Gasteiger partial charge in [0.25, 0.3) is 10.0 Å². The molecule has 1 aromatic heterocycles. The number of piperazine rings is 1. The van der Waals surface area contributed by atoms with Crippen LogP contribution in [0.1, 0.15) is 11.1 Å². The molecule has 3 aromatic rings. The first-order valence-electron chi connectivity index (χ1n) is 11.4. The van der Waals surface area contributed by atoms with Gasteiger partial charge in [0.05, 0.1) is 21.8 Å². The number of aromatic nitrogens is 1. The number of sulfonamides is 1. The summed E-state index contributed by atoms with van der Waals surface area (Å²) in [4.78, 5) is 17.8. The molecule has 13 heteroatoms. The van der Waals surface area contributed by atoms with E-state index in [2.05, 4.69) is 25.7 Å². The van der Waals surface area contributed by atoms with E-state index in [0.29, 0.717) is 37.6 Å². The number of urea groups is 1. The van der Waals surface area contributed by atoms with Gasteiger partial charge in [0.2, 0.25) is 0 Å². The average molecular weight is 535 g/mol. The summed E-state index contributed by atoms with van der Waals surface area (Å²) in [6, 6.07) is 11.4. The average Bonchev–Trinajstić information content (AvgIpc) is 2.88. The molecule has 0 saturated carbocycles. The molecule has 0 unspecified atom stereocenters. The summed E-state index contributed by atoms with van der Waals surface area (Å²) in [5.74, 6) is 0. The van der Waals surface area contributed by atoms with E-state index in [1.165, 1.54) is 30.3 Å². The summed E-state index contributed by atoms with van der Waals surface area (Å²) in [5, 5.41) is 8.40. The third kappa shape index (κ3) is 6.89. The maximum absolute atomic E-state index is 13.4. The monoisotopic (exact) mass is 534 g/mol. The van der Waals surface area contributed by atoms with Crippen molar-refractivity contribution in [2.24, 2.45) is 0 Å². The van der Waals surface area contributed by atoms with Crippen molar-refractivity contribution in [1.82, 2.24) is 15.6 Å². The van der Waals surface area contributed by atoms with Crippen molar-refractivity contribution in [1.29, 1.82) is 0 Å². The van der Waals surface area contributed by atoms with Gasteiger partial charge in [-0.25, -0.2) is 13.2 Å². The van der Waals surface area contributed by atoms with E-state index in [1.807, 2.05) is 4.90 Å². The lowest BCUT2D eigenvalue weighted by Crippen LogP contribution is -2.43. The summed E-state index contributed by atoms with van der Waals surface area (Å²) >= 11 is 0. The third-order valence-electron chi connectivity index (χ3n) is 5.62. The van der Waals surface area contributed by atoms with Crippen molar-refractivity contribution in [2.75, 3.05) is 41.1 Å². The van der Waals surface area contributed by atoms with Gasteiger partial charge in [0, 0.05) is 50.8 Å². The molecule has 9 nitrogen and oxygen atoms in total. The van der Waals surface area contributed by atoms with Crippen LogP contribution in [0.15, 0.2) is 71.9 Å². The van der Waals surface area contributed by atoms with Crippen molar-refractivity contribution in [2.45, 2.75) is 17.6 Å². The zero-order chi connectivity index (χ0) is 26.5. The van der Waals surface area contributed by atoms with Gasteiger partial charge < -0.3 is 20.9 Å². The topological polar surface area (TPSA) is 115 Å². The quantitative estimate of drug-likeness (QED) is 0.368. The SMILES string of the molecule is O=C(NCc1cccnc1)Nc1ccc(S(=O)(=O)Nc2cc(C(F)(F)F)ccc2N2CCNCC2)cc1. The number of benzene rings is 2. The molecule has 2 amide bonds. The van der Waals surface area contributed by atoms with Crippen molar-refractivity contribution >= 4 is 33.1 Å². The van der Waals surface area contributed by atoms with Gasteiger partial charge in [-0.1, -0.05) is 6.07 Å². The molecular formula is C24H25F3N6O3S. The lowest BCUT2D eigenvalue weighted by atomic mass is 10.1. The van der Waals surface area contributed by atoms with E-state index in [-0.39, 0.29) is 17.1 Å². The lowest BCUT2D eigenvalue weighted by molar-refractivity contribution is -0.137. The van der Waals surface area contributed by atoms with Crippen LogP contribution in [0.4, 0.5) is 35.0 Å². The van der Waals surface area contributed by atoms with Crippen LogP contribution < -0.4 is 25.6 Å². The Labute approximate surface area is 212 Å². The summed E-state index contributed by atoms with van der Waals surface area (Å²) in [7, 11) is -4.22. The minimum atomic E-state index is -4.63. The second-order valence-electron chi connectivity index (χ2n) is 8.27. The molecule has 2 heterocycles. The second kappa shape index (κ2) is 11.0. The maximum atomic E-state index is 13.4. The second-order valence-corrected chi connectivity index (χ2v) is 9.95. The van der Waals surface area contributed by atoms with Crippen molar-refractivity contribution < 1.29 is 26.4 Å². The minimum absolute atomic E-state index is 0.159. The van der Waals surface area contributed by atoms with Crippen molar-refractivity contribution in [3.8, 4) is 0 Å². The Morgan fingerprint density at radius 2 is 1.78 bits per heavy atom. The number of alkyl halides is 3. The van der Waals surface area contributed by atoms with Crippen LogP contribution >= 0.6 is 0 Å². The highest BCUT2D eigenvalue weighted by Gasteiger charge is 2.32. The van der Waals surface area contributed by atoms with E-state index in [4.69, 9.17) is 0 Å². The van der Waals surface area contributed by atoms with Gasteiger partial charge >= 0.3 is 12.2 Å². The molecule has 2 aromatic carbocycles. The van der Waals surface area contributed by atoms with Crippen LogP contribution in [0.2, 0.25) is 0 Å². The fraction of sp³-hybridized carbons (Fsp3) is 0.250. The van der Waals surface area contributed by atoms with Gasteiger partial charge in [-0.3, -0.25) is 9.71 Å². The highest BCUT2D eigenvalue weighted by atomic mass is 32.2. The van der Waals surface area contributed by atoms with Crippen molar-refractivity contribution in [3.05, 3.63) is 78.1 Å². The molecule has 1 aliphatic rings. The van der Waals surface area contributed by atoms with Gasteiger partial charge in [-0.2, -0.15) is 13.2 Å². The van der Waals surface area contributed by atoms with E-state index in [9.17, 15) is 26.4 Å². The summed E-state index contributed by atoms with van der Waals surface area (Å²) < 4.78 is 68.5. The van der Waals surface area contributed by atoms with Crippen LogP contribution in [0.25, 0.3) is 0 Å². The Balaban J connectivity index is 1.48. The van der Waals surface area contributed by atoms with Gasteiger partial charge in [-0.15, -0.1) is 0 Å². The van der Waals surface area contributed by atoms with Gasteiger partial charge in [-0.05, 0) is 54.1 Å². The Hall–Kier alpha value is -3.84. The molecule has 0 bridgehead atoms. The molecule has 1 fully saturated rings. The maximum Gasteiger partial charge on any atom is 0.416 e. The number of pyridine rings is 1. The number of hydrogen-bond acceptors (Lipinski definition) is 6. The lowest BCUT2D eigenvalue weighted by Gasteiger charge is -2.31. The molecule has 37 heavy (non-hydrogen) atoms. The Morgan fingerprint density at radius 3 is 2.43 bits per heavy atom. The zero-order valence-corrected chi connectivity index (χ0v) is 20.4. The van der Waals surface area contributed by atoms with Crippen LogP contribution in [-0.2, 0) is 22.7 Å². The number of rotatable bonds is 7. The first-order valence-corrected chi connectivity index (χ1v) is 12.8. The van der Waals surface area contributed by atoms with Crippen LogP contribution in [0.3, 0.4) is 0 Å². The third-order valence-corrected chi connectivity index (χ3v) is 7.01. The number of nitrogens with zero attached hydrogens (tertiary/aromatic N) is 2. The van der Waals surface area contributed by atoms with Crippen molar-refractivity contribution in [3.63, 3.8) is 0 Å². The highest BCUT2D eigenvalue weighted by Crippen LogP contribution is 2.36. The molecule has 0 radical (unpaired) electrons. The predicted octanol–water partition coefficient (Wildman–Crippen LogP) is 3.63. The van der Waals surface area contributed by atoms with E-state index in [1.54, 1.807) is 24.5 Å². The van der Waals surface area contributed by atoms with Crippen LogP contribution in [0, 0.1) is 0 Å². The number of carbonyl (C=O) groups is 1. The number of hydrogen-bond donors (Lipinski definition) is 4. The predicted molar refractivity (Wildman–Crippen MR) is 134 cm³/mol. The molecule has 1 saturated heterocycles. The molecule has 196 valence electrons.